The fourth-order valence-corrected chi connectivity index (χ4v) is 2.38. The van der Waals surface area contributed by atoms with Crippen molar-refractivity contribution in [2.45, 2.75) is 26.4 Å². The number of hydrogen-bond acceptors (Lipinski definition) is 4. The van der Waals surface area contributed by atoms with Gasteiger partial charge in [0.2, 0.25) is 0 Å². The Morgan fingerprint density at radius 3 is 2.18 bits per heavy atom. The van der Waals surface area contributed by atoms with Crippen LogP contribution in [-0.2, 0) is 6.54 Å². The van der Waals surface area contributed by atoms with Gasteiger partial charge in [-0.1, -0.05) is 12.1 Å². The van der Waals surface area contributed by atoms with Crippen LogP contribution in [0.2, 0.25) is 0 Å². The van der Waals surface area contributed by atoms with Crippen molar-refractivity contribution in [2.24, 2.45) is 0 Å². The molecule has 2 aromatic carbocycles. The van der Waals surface area contributed by atoms with Crippen LogP contribution in [0.5, 0.6) is 11.5 Å². The molecule has 7 heteroatoms. The molecule has 0 radical (unpaired) electrons. The fourth-order valence-electron chi connectivity index (χ4n) is 2.38. The minimum Gasteiger partial charge on any atom is -0.497 e. The Bertz CT molecular complexity index is 758. The van der Waals surface area contributed by atoms with Crippen molar-refractivity contribution >= 4 is 11.9 Å². The van der Waals surface area contributed by atoms with Gasteiger partial charge in [-0.15, -0.1) is 0 Å². The van der Waals surface area contributed by atoms with Crippen molar-refractivity contribution in [3.63, 3.8) is 0 Å². The van der Waals surface area contributed by atoms with E-state index in [1.165, 1.54) is 0 Å². The van der Waals surface area contributed by atoms with Crippen LogP contribution in [0, 0.1) is 0 Å². The molecule has 28 heavy (non-hydrogen) atoms. The zero-order chi connectivity index (χ0) is 20.4. The van der Waals surface area contributed by atoms with Crippen molar-refractivity contribution < 1.29 is 19.1 Å². The molecule has 0 unspecified atom stereocenters. The van der Waals surface area contributed by atoms with Crippen LogP contribution in [0.3, 0.4) is 0 Å². The number of ether oxygens (including phenoxy) is 2. The van der Waals surface area contributed by atoms with Crippen LogP contribution in [0.1, 0.15) is 29.8 Å². The average molecular weight is 385 g/mol. The molecule has 0 aliphatic carbocycles. The van der Waals surface area contributed by atoms with E-state index in [4.69, 9.17) is 9.47 Å². The highest BCUT2D eigenvalue weighted by Crippen LogP contribution is 2.16. The van der Waals surface area contributed by atoms with E-state index in [0.29, 0.717) is 31.0 Å². The van der Waals surface area contributed by atoms with Crippen LogP contribution in [0.25, 0.3) is 0 Å². The molecule has 0 aliphatic heterocycles. The zero-order valence-electron chi connectivity index (χ0n) is 16.5. The summed E-state index contributed by atoms with van der Waals surface area (Å²) in [6, 6.07) is 14.2. The number of rotatable bonds is 9. The lowest BCUT2D eigenvalue weighted by Crippen LogP contribution is -2.39. The van der Waals surface area contributed by atoms with Gasteiger partial charge >= 0.3 is 6.03 Å². The first-order chi connectivity index (χ1) is 13.5. The summed E-state index contributed by atoms with van der Waals surface area (Å²) in [5.41, 5.74) is 1.47. The second-order valence-electron chi connectivity index (χ2n) is 6.46. The van der Waals surface area contributed by atoms with E-state index in [-0.39, 0.29) is 18.0 Å². The number of carbonyl (C=O) groups is 2. The second kappa shape index (κ2) is 10.8. The molecule has 2 rings (SSSR count). The van der Waals surface area contributed by atoms with Crippen LogP contribution < -0.4 is 25.4 Å². The Morgan fingerprint density at radius 2 is 1.57 bits per heavy atom. The third-order valence-electron chi connectivity index (χ3n) is 3.80. The minimum atomic E-state index is -0.214. The van der Waals surface area contributed by atoms with E-state index in [1.807, 2.05) is 50.2 Å². The first-order valence-electron chi connectivity index (χ1n) is 9.16. The summed E-state index contributed by atoms with van der Waals surface area (Å²) in [6.45, 7) is 4.95. The highest BCUT2D eigenvalue weighted by atomic mass is 16.5. The smallest absolute Gasteiger partial charge is 0.315 e. The van der Waals surface area contributed by atoms with Crippen LogP contribution in [0.4, 0.5) is 4.79 Å². The van der Waals surface area contributed by atoms with Crippen molar-refractivity contribution in [3.8, 4) is 11.5 Å². The molecule has 0 aliphatic rings. The third-order valence-corrected chi connectivity index (χ3v) is 3.80. The van der Waals surface area contributed by atoms with E-state index < -0.39 is 0 Å². The number of amides is 3. The summed E-state index contributed by atoms with van der Waals surface area (Å²) >= 11 is 0. The lowest BCUT2D eigenvalue weighted by Gasteiger charge is -2.11. The Balaban J connectivity index is 1.71. The van der Waals surface area contributed by atoms with E-state index in [2.05, 4.69) is 16.0 Å². The lowest BCUT2D eigenvalue weighted by molar-refractivity contribution is 0.0947. The summed E-state index contributed by atoms with van der Waals surface area (Å²) in [4.78, 5) is 23.8. The van der Waals surface area contributed by atoms with Crippen LogP contribution in [0.15, 0.2) is 48.5 Å². The maximum atomic E-state index is 12.2. The van der Waals surface area contributed by atoms with E-state index in [1.54, 1.807) is 19.2 Å². The molecular weight excluding hydrogens is 358 g/mol. The van der Waals surface area contributed by atoms with Crippen LogP contribution >= 0.6 is 0 Å². The Hall–Kier alpha value is -3.22. The monoisotopic (exact) mass is 385 g/mol. The van der Waals surface area contributed by atoms with Gasteiger partial charge in [-0.3, -0.25) is 4.79 Å². The predicted octanol–water partition coefficient (Wildman–Crippen LogP) is 2.71. The highest BCUT2D eigenvalue weighted by molar-refractivity contribution is 5.94. The van der Waals surface area contributed by atoms with Gasteiger partial charge in [-0.05, 0) is 55.8 Å². The molecular formula is C21H27N3O4. The molecule has 0 spiro atoms. The minimum absolute atomic E-state index is 0.0831. The summed E-state index contributed by atoms with van der Waals surface area (Å²) < 4.78 is 10.7. The molecule has 0 fully saturated rings. The molecule has 3 N–H and O–H groups in total. The Labute approximate surface area is 165 Å². The number of urea groups is 1. The molecule has 0 saturated heterocycles. The Morgan fingerprint density at radius 1 is 0.929 bits per heavy atom. The zero-order valence-corrected chi connectivity index (χ0v) is 16.5. The number of methoxy groups -OCH3 is 1. The highest BCUT2D eigenvalue weighted by Gasteiger charge is 2.06. The predicted molar refractivity (Wildman–Crippen MR) is 108 cm³/mol. The number of carbonyl (C=O) groups excluding carboxylic acids is 2. The molecule has 150 valence electrons. The summed E-state index contributed by atoms with van der Waals surface area (Å²) in [7, 11) is 1.61. The molecule has 2 aromatic rings. The largest absolute Gasteiger partial charge is 0.497 e. The van der Waals surface area contributed by atoms with Gasteiger partial charge in [0, 0.05) is 18.2 Å². The van der Waals surface area contributed by atoms with Gasteiger partial charge in [0.1, 0.15) is 18.1 Å². The lowest BCUT2D eigenvalue weighted by atomic mass is 10.1. The molecule has 0 heterocycles. The standard InChI is InChI=1S/C21H27N3O4/c1-15(2)24-21(26)23-14-16-4-6-17(7-5-16)20(25)22-12-13-28-19-10-8-18(27-3)9-11-19/h4-11,15H,12-14H2,1-3H3,(H,22,25)(H2,23,24,26). The summed E-state index contributed by atoms with van der Waals surface area (Å²) in [5.74, 6) is 1.31. The van der Waals surface area contributed by atoms with Gasteiger partial charge in [-0.2, -0.15) is 0 Å². The van der Waals surface area contributed by atoms with Crippen molar-refractivity contribution in [1.29, 1.82) is 0 Å². The van der Waals surface area contributed by atoms with Crippen LogP contribution in [-0.4, -0.2) is 38.2 Å². The maximum Gasteiger partial charge on any atom is 0.315 e. The normalized spacial score (nSPS) is 10.3. The first-order valence-corrected chi connectivity index (χ1v) is 9.16. The van der Waals surface area contributed by atoms with E-state index in [9.17, 15) is 9.59 Å². The average Bonchev–Trinajstić information content (AvgIpc) is 2.70. The Kier molecular flexibility index (Phi) is 8.14. The molecule has 0 saturated carbocycles. The van der Waals surface area contributed by atoms with E-state index in [0.717, 1.165) is 11.3 Å². The summed E-state index contributed by atoms with van der Waals surface area (Å²) in [6.07, 6.45) is 0. The van der Waals surface area contributed by atoms with Gasteiger partial charge in [-0.25, -0.2) is 4.79 Å². The second-order valence-corrected chi connectivity index (χ2v) is 6.46. The fraction of sp³-hybridized carbons (Fsp3) is 0.333. The van der Waals surface area contributed by atoms with Gasteiger partial charge in [0.25, 0.3) is 5.91 Å². The van der Waals surface area contributed by atoms with Crippen molar-refractivity contribution in [3.05, 3.63) is 59.7 Å². The quantitative estimate of drug-likeness (QED) is 0.579. The SMILES string of the molecule is COc1ccc(OCCNC(=O)c2ccc(CNC(=O)NC(C)C)cc2)cc1. The maximum absolute atomic E-state index is 12.2. The molecule has 0 bridgehead atoms. The first kappa shape index (κ1) is 21.1. The topological polar surface area (TPSA) is 88.7 Å². The van der Waals surface area contributed by atoms with Gasteiger partial charge in [0.05, 0.1) is 13.7 Å². The van der Waals surface area contributed by atoms with Crippen molar-refractivity contribution in [1.82, 2.24) is 16.0 Å². The number of nitrogens with one attached hydrogen (secondary N) is 3. The number of hydrogen-bond donors (Lipinski definition) is 3. The molecule has 7 nitrogen and oxygen atoms in total. The van der Waals surface area contributed by atoms with E-state index >= 15 is 0 Å². The number of benzene rings is 2. The third kappa shape index (κ3) is 7.19. The van der Waals surface area contributed by atoms with Gasteiger partial charge < -0.3 is 25.4 Å². The summed E-state index contributed by atoms with van der Waals surface area (Å²) in [5, 5.41) is 8.34. The van der Waals surface area contributed by atoms with Gasteiger partial charge in [0.15, 0.2) is 0 Å². The molecule has 3 amide bonds. The molecule has 0 aromatic heterocycles. The molecule has 0 atom stereocenters. The van der Waals surface area contributed by atoms with Crippen molar-refractivity contribution in [2.75, 3.05) is 20.3 Å².